The van der Waals surface area contributed by atoms with E-state index in [9.17, 15) is 19.8 Å². The molecule has 0 saturated carbocycles. The van der Waals surface area contributed by atoms with Gasteiger partial charge in [-0.2, -0.15) is 0 Å². The zero-order chi connectivity index (χ0) is 46.5. The molecule has 0 aromatic carbocycles. The maximum atomic E-state index is 12.5. The molecule has 3 N–H and O–H groups in total. The number of esters is 1. The predicted octanol–water partition coefficient (Wildman–Crippen LogP) is 17.7. The van der Waals surface area contributed by atoms with E-state index < -0.39 is 12.1 Å². The standard InChI is InChI=1S/C58H113NO5/c1-3-5-7-9-11-13-15-17-19-20-21-22-23-24-25-26-30-34-38-42-46-50-56(61)55(54-60)59-57(62)51-47-43-39-35-31-28-29-33-37-41-45-49-53-64-58(63)52-48-44-40-36-32-27-18-16-14-12-10-8-6-4-2/h29,33,55-56,60-61H,3-28,30-32,34-54H2,1-2H3,(H,59,62)/b33-29-. The van der Waals surface area contributed by atoms with Crippen molar-refractivity contribution < 1.29 is 24.5 Å². The van der Waals surface area contributed by atoms with Crippen LogP contribution in [0.15, 0.2) is 12.2 Å². The largest absolute Gasteiger partial charge is 0.466 e. The second-order valence-corrected chi connectivity index (χ2v) is 20.0. The van der Waals surface area contributed by atoms with E-state index in [4.69, 9.17) is 4.74 Å². The van der Waals surface area contributed by atoms with Gasteiger partial charge in [-0.3, -0.25) is 9.59 Å². The second-order valence-electron chi connectivity index (χ2n) is 20.0. The number of unbranched alkanes of at least 4 members (excludes halogenated alkanes) is 41. The maximum absolute atomic E-state index is 12.5. The Balaban J connectivity index is 3.48. The molecule has 0 aromatic rings. The molecule has 0 fully saturated rings. The number of amides is 1. The number of aliphatic hydroxyl groups excluding tert-OH is 2. The van der Waals surface area contributed by atoms with Gasteiger partial charge in [0, 0.05) is 12.8 Å². The summed E-state index contributed by atoms with van der Waals surface area (Å²) >= 11 is 0. The lowest BCUT2D eigenvalue weighted by atomic mass is 10.0. The zero-order valence-electron chi connectivity index (χ0n) is 43.3. The molecule has 380 valence electrons. The number of allylic oxidation sites excluding steroid dienone is 2. The number of hydrogen-bond donors (Lipinski definition) is 3. The van der Waals surface area contributed by atoms with Crippen molar-refractivity contribution in [1.29, 1.82) is 0 Å². The quantitative estimate of drug-likeness (QED) is 0.0321. The molecular formula is C58H113NO5. The summed E-state index contributed by atoms with van der Waals surface area (Å²) in [5.74, 6) is -0.0767. The maximum Gasteiger partial charge on any atom is 0.305 e. The van der Waals surface area contributed by atoms with Crippen molar-refractivity contribution in [3.05, 3.63) is 12.2 Å². The van der Waals surface area contributed by atoms with Gasteiger partial charge >= 0.3 is 5.97 Å². The Kier molecular flexibility index (Phi) is 53.0. The van der Waals surface area contributed by atoms with Gasteiger partial charge in [0.05, 0.1) is 25.4 Å². The Morgan fingerprint density at radius 2 is 0.734 bits per heavy atom. The molecule has 0 bridgehead atoms. The first kappa shape index (κ1) is 62.6. The summed E-state index contributed by atoms with van der Waals surface area (Å²) in [5.41, 5.74) is 0. The minimum atomic E-state index is -0.680. The zero-order valence-corrected chi connectivity index (χ0v) is 43.3. The molecule has 6 heteroatoms. The van der Waals surface area contributed by atoms with Crippen LogP contribution in [0, 0.1) is 0 Å². The average Bonchev–Trinajstić information content (AvgIpc) is 3.29. The van der Waals surface area contributed by atoms with Crippen LogP contribution in [0.2, 0.25) is 0 Å². The molecule has 2 atom stereocenters. The minimum Gasteiger partial charge on any atom is -0.466 e. The van der Waals surface area contributed by atoms with Gasteiger partial charge in [-0.15, -0.1) is 0 Å². The van der Waals surface area contributed by atoms with Gasteiger partial charge in [0.2, 0.25) is 5.91 Å². The first-order valence-corrected chi connectivity index (χ1v) is 28.9. The summed E-state index contributed by atoms with van der Waals surface area (Å²) in [5, 5.41) is 23.3. The van der Waals surface area contributed by atoms with E-state index in [-0.39, 0.29) is 18.5 Å². The summed E-state index contributed by atoms with van der Waals surface area (Å²) in [4.78, 5) is 24.5. The fourth-order valence-electron chi connectivity index (χ4n) is 9.11. The van der Waals surface area contributed by atoms with Crippen molar-refractivity contribution in [3.63, 3.8) is 0 Å². The number of rotatable bonds is 54. The van der Waals surface area contributed by atoms with Crippen molar-refractivity contribution in [2.24, 2.45) is 0 Å². The fraction of sp³-hybridized carbons (Fsp3) is 0.931. The molecule has 0 aliphatic carbocycles. The van der Waals surface area contributed by atoms with Gasteiger partial charge in [0.1, 0.15) is 0 Å². The molecule has 0 aromatic heterocycles. The lowest BCUT2D eigenvalue weighted by molar-refractivity contribution is -0.143. The van der Waals surface area contributed by atoms with E-state index in [1.807, 2.05) is 0 Å². The molecule has 64 heavy (non-hydrogen) atoms. The Hall–Kier alpha value is -1.40. The van der Waals surface area contributed by atoms with Crippen molar-refractivity contribution >= 4 is 11.9 Å². The molecule has 0 aliphatic rings. The van der Waals surface area contributed by atoms with E-state index in [0.29, 0.717) is 25.9 Å². The highest BCUT2D eigenvalue weighted by molar-refractivity contribution is 5.76. The van der Waals surface area contributed by atoms with Gasteiger partial charge in [-0.05, 0) is 57.8 Å². The second kappa shape index (κ2) is 54.2. The number of carbonyl (C=O) groups is 2. The lowest BCUT2D eigenvalue weighted by Crippen LogP contribution is -2.45. The molecular weight excluding hydrogens is 791 g/mol. The van der Waals surface area contributed by atoms with Gasteiger partial charge in [-0.25, -0.2) is 0 Å². The van der Waals surface area contributed by atoms with Gasteiger partial charge < -0.3 is 20.3 Å². The van der Waals surface area contributed by atoms with E-state index >= 15 is 0 Å². The fourth-order valence-corrected chi connectivity index (χ4v) is 9.11. The Morgan fingerprint density at radius 3 is 1.11 bits per heavy atom. The third-order valence-corrected chi connectivity index (χ3v) is 13.6. The molecule has 0 radical (unpaired) electrons. The van der Waals surface area contributed by atoms with Crippen LogP contribution in [0.3, 0.4) is 0 Å². The summed E-state index contributed by atoms with van der Waals surface area (Å²) in [6.45, 7) is 4.92. The van der Waals surface area contributed by atoms with Gasteiger partial charge in [-0.1, -0.05) is 264 Å². The number of carbonyl (C=O) groups excluding carboxylic acids is 2. The van der Waals surface area contributed by atoms with Crippen LogP contribution in [0.4, 0.5) is 0 Å². The van der Waals surface area contributed by atoms with Crippen LogP contribution in [0.25, 0.3) is 0 Å². The van der Waals surface area contributed by atoms with Crippen molar-refractivity contribution in [2.45, 2.75) is 334 Å². The molecule has 0 spiro atoms. The van der Waals surface area contributed by atoms with Crippen LogP contribution in [0.1, 0.15) is 322 Å². The average molecular weight is 905 g/mol. The summed E-state index contributed by atoms with van der Waals surface area (Å²) in [6.07, 6.45) is 63.4. The summed E-state index contributed by atoms with van der Waals surface area (Å²) in [6, 6.07) is -0.560. The summed E-state index contributed by atoms with van der Waals surface area (Å²) in [7, 11) is 0. The lowest BCUT2D eigenvalue weighted by Gasteiger charge is -2.22. The third-order valence-electron chi connectivity index (χ3n) is 13.6. The summed E-state index contributed by atoms with van der Waals surface area (Å²) < 4.78 is 5.45. The molecule has 0 saturated heterocycles. The normalized spacial score (nSPS) is 12.6. The molecule has 6 nitrogen and oxygen atoms in total. The highest BCUT2D eigenvalue weighted by atomic mass is 16.5. The molecule has 0 aliphatic heterocycles. The van der Waals surface area contributed by atoms with Crippen LogP contribution in [0.5, 0.6) is 0 Å². The Bertz CT molecular complexity index is 955. The molecule has 1 amide bonds. The number of hydrogen-bond acceptors (Lipinski definition) is 5. The predicted molar refractivity (Wildman–Crippen MR) is 278 cm³/mol. The molecule has 2 unspecified atom stereocenters. The number of nitrogens with one attached hydrogen (secondary N) is 1. The molecule has 0 rings (SSSR count). The Morgan fingerprint density at radius 1 is 0.422 bits per heavy atom. The van der Waals surface area contributed by atoms with E-state index in [1.54, 1.807) is 0 Å². The van der Waals surface area contributed by atoms with Crippen LogP contribution in [-0.2, 0) is 14.3 Å². The highest BCUT2D eigenvalue weighted by Crippen LogP contribution is 2.18. The van der Waals surface area contributed by atoms with E-state index in [2.05, 4.69) is 31.3 Å². The number of ether oxygens (including phenoxy) is 1. The first-order chi connectivity index (χ1) is 31.5. The first-order valence-electron chi connectivity index (χ1n) is 28.9. The smallest absolute Gasteiger partial charge is 0.305 e. The van der Waals surface area contributed by atoms with Crippen molar-refractivity contribution in [2.75, 3.05) is 13.2 Å². The highest BCUT2D eigenvalue weighted by Gasteiger charge is 2.20. The van der Waals surface area contributed by atoms with Crippen molar-refractivity contribution in [1.82, 2.24) is 5.32 Å². The van der Waals surface area contributed by atoms with Crippen LogP contribution >= 0.6 is 0 Å². The monoisotopic (exact) mass is 904 g/mol. The van der Waals surface area contributed by atoms with Crippen LogP contribution in [-0.4, -0.2) is 47.4 Å². The van der Waals surface area contributed by atoms with Crippen molar-refractivity contribution in [3.8, 4) is 0 Å². The SMILES string of the molecule is CCCCCCCCCCCCCCCCCCCCCCCC(O)C(CO)NC(=O)CCCCCCC/C=C\CCCCCOC(=O)CCCCCCCCCCCCCCCC. The van der Waals surface area contributed by atoms with Gasteiger partial charge in [0.25, 0.3) is 0 Å². The topological polar surface area (TPSA) is 95.9 Å². The minimum absolute atomic E-state index is 0.0195. The van der Waals surface area contributed by atoms with E-state index in [0.717, 1.165) is 77.0 Å². The van der Waals surface area contributed by atoms with Gasteiger partial charge in [0.15, 0.2) is 0 Å². The third kappa shape index (κ3) is 50.0. The van der Waals surface area contributed by atoms with Crippen LogP contribution < -0.4 is 5.32 Å². The Labute approximate surface area is 399 Å². The number of aliphatic hydroxyl groups is 2. The van der Waals surface area contributed by atoms with E-state index in [1.165, 1.54) is 212 Å². The molecule has 0 heterocycles.